The van der Waals surface area contributed by atoms with Crippen LogP contribution in [-0.4, -0.2) is 53.3 Å². The number of nitriles is 2. The van der Waals surface area contributed by atoms with Crippen LogP contribution >= 0.6 is 0 Å². The van der Waals surface area contributed by atoms with Crippen molar-refractivity contribution in [1.82, 2.24) is 10.6 Å². The predicted octanol–water partition coefficient (Wildman–Crippen LogP) is 2.47. The first-order valence-corrected chi connectivity index (χ1v) is 10.6. The fourth-order valence-electron chi connectivity index (χ4n) is 3.06. The first-order chi connectivity index (χ1) is 17.4. The molecule has 10 nitrogen and oxygen atoms in total. The SMILES string of the molecule is COc1ccc(/C=C(\C#N)C(=O)NCCNC(=O)/C(C#N)=C/c2ccc(OC)c(OC)c2)cc1OC. The minimum Gasteiger partial charge on any atom is -0.493 e. The van der Waals surface area contributed by atoms with Gasteiger partial charge in [-0.15, -0.1) is 0 Å². The van der Waals surface area contributed by atoms with Crippen LogP contribution in [0.4, 0.5) is 0 Å². The highest BCUT2D eigenvalue weighted by Gasteiger charge is 2.12. The average Bonchev–Trinajstić information content (AvgIpc) is 2.91. The lowest BCUT2D eigenvalue weighted by Gasteiger charge is -2.09. The number of methoxy groups -OCH3 is 4. The Morgan fingerprint density at radius 1 is 0.694 bits per heavy atom. The third kappa shape index (κ3) is 7.27. The summed E-state index contributed by atoms with van der Waals surface area (Å²) in [4.78, 5) is 24.8. The van der Waals surface area contributed by atoms with E-state index in [-0.39, 0.29) is 24.2 Å². The van der Waals surface area contributed by atoms with E-state index in [1.807, 2.05) is 12.1 Å². The van der Waals surface area contributed by atoms with Crippen molar-refractivity contribution < 1.29 is 28.5 Å². The number of hydrogen-bond donors (Lipinski definition) is 2. The van der Waals surface area contributed by atoms with E-state index >= 15 is 0 Å². The molecule has 0 unspecified atom stereocenters. The summed E-state index contributed by atoms with van der Waals surface area (Å²) < 4.78 is 20.8. The Morgan fingerprint density at radius 3 is 1.36 bits per heavy atom. The number of hydrogen-bond acceptors (Lipinski definition) is 8. The fourth-order valence-corrected chi connectivity index (χ4v) is 3.06. The van der Waals surface area contributed by atoms with Gasteiger partial charge >= 0.3 is 0 Å². The molecule has 0 radical (unpaired) electrons. The summed E-state index contributed by atoms with van der Waals surface area (Å²) in [5.74, 6) is 0.739. The molecule has 2 amide bonds. The van der Waals surface area contributed by atoms with Gasteiger partial charge in [-0.25, -0.2) is 0 Å². The summed E-state index contributed by atoms with van der Waals surface area (Å²) in [6.45, 7) is 0.0924. The summed E-state index contributed by atoms with van der Waals surface area (Å²) >= 11 is 0. The van der Waals surface area contributed by atoms with E-state index in [2.05, 4.69) is 10.6 Å². The van der Waals surface area contributed by atoms with E-state index in [1.165, 1.54) is 40.6 Å². The molecule has 0 saturated carbocycles. The lowest BCUT2D eigenvalue weighted by atomic mass is 10.1. The monoisotopic (exact) mass is 490 g/mol. The summed E-state index contributed by atoms with van der Waals surface area (Å²) in [6, 6.07) is 13.7. The first kappa shape index (κ1) is 27.3. The van der Waals surface area contributed by atoms with Crippen molar-refractivity contribution in [3.05, 3.63) is 58.7 Å². The Balaban J connectivity index is 1.97. The number of ether oxygens (including phenoxy) is 4. The summed E-state index contributed by atoms with van der Waals surface area (Å²) in [6.07, 6.45) is 2.82. The van der Waals surface area contributed by atoms with Gasteiger partial charge in [0.25, 0.3) is 11.8 Å². The Morgan fingerprint density at radius 2 is 1.06 bits per heavy atom. The maximum absolute atomic E-state index is 12.4. The molecule has 0 aliphatic carbocycles. The van der Waals surface area contributed by atoms with Crippen LogP contribution in [-0.2, 0) is 9.59 Å². The van der Waals surface area contributed by atoms with E-state index in [9.17, 15) is 20.1 Å². The number of rotatable bonds is 11. The van der Waals surface area contributed by atoms with Gasteiger partial charge in [-0.2, -0.15) is 10.5 Å². The minimum absolute atomic E-state index is 0.0462. The molecular weight excluding hydrogens is 464 g/mol. The summed E-state index contributed by atoms with van der Waals surface area (Å²) in [5, 5.41) is 23.9. The Labute approximate surface area is 209 Å². The molecule has 0 aliphatic heterocycles. The van der Waals surface area contributed by atoms with Gasteiger partial charge in [-0.05, 0) is 47.5 Å². The quantitative estimate of drug-likeness (QED) is 0.278. The molecule has 2 aromatic carbocycles. The third-order valence-electron chi connectivity index (χ3n) is 4.86. The number of carbonyl (C=O) groups excluding carboxylic acids is 2. The van der Waals surface area contributed by atoms with Crippen molar-refractivity contribution in [2.75, 3.05) is 41.5 Å². The van der Waals surface area contributed by atoms with Crippen LogP contribution in [0.15, 0.2) is 47.5 Å². The van der Waals surface area contributed by atoms with Gasteiger partial charge < -0.3 is 29.6 Å². The van der Waals surface area contributed by atoms with Crippen LogP contribution in [0.2, 0.25) is 0 Å². The van der Waals surface area contributed by atoms with Crippen molar-refractivity contribution in [1.29, 1.82) is 10.5 Å². The molecule has 0 aliphatic rings. The smallest absolute Gasteiger partial charge is 0.262 e. The number of nitrogens with one attached hydrogen (secondary N) is 2. The molecule has 0 bridgehead atoms. The molecule has 2 aromatic rings. The summed E-state index contributed by atoms with van der Waals surface area (Å²) in [5.41, 5.74) is 0.900. The normalized spacial score (nSPS) is 10.9. The lowest BCUT2D eigenvalue weighted by molar-refractivity contribution is -0.118. The zero-order chi connectivity index (χ0) is 26.5. The lowest BCUT2D eigenvalue weighted by Crippen LogP contribution is -2.35. The van der Waals surface area contributed by atoms with E-state index in [1.54, 1.807) is 36.4 Å². The molecule has 0 aromatic heterocycles. The van der Waals surface area contributed by atoms with Crippen LogP contribution < -0.4 is 29.6 Å². The highest BCUT2D eigenvalue weighted by Crippen LogP contribution is 2.29. The first-order valence-electron chi connectivity index (χ1n) is 10.6. The Hall–Kier alpha value is -4.96. The van der Waals surface area contributed by atoms with Crippen molar-refractivity contribution >= 4 is 24.0 Å². The van der Waals surface area contributed by atoms with E-state index in [0.717, 1.165) is 0 Å². The second-order valence-electron chi connectivity index (χ2n) is 7.08. The second kappa shape index (κ2) is 13.7. The van der Waals surface area contributed by atoms with Crippen molar-refractivity contribution in [3.8, 4) is 35.1 Å². The molecule has 0 atom stereocenters. The van der Waals surface area contributed by atoms with Gasteiger partial charge in [0.1, 0.15) is 23.3 Å². The van der Waals surface area contributed by atoms with E-state index in [0.29, 0.717) is 34.1 Å². The maximum atomic E-state index is 12.4. The van der Waals surface area contributed by atoms with Crippen molar-refractivity contribution in [3.63, 3.8) is 0 Å². The molecular formula is C26H26N4O6. The van der Waals surface area contributed by atoms with Crippen LogP contribution in [0, 0.1) is 22.7 Å². The summed E-state index contributed by atoms with van der Waals surface area (Å²) in [7, 11) is 5.98. The fraction of sp³-hybridized carbons (Fsp3) is 0.231. The molecule has 186 valence electrons. The maximum Gasteiger partial charge on any atom is 0.262 e. The second-order valence-corrected chi connectivity index (χ2v) is 7.08. The van der Waals surface area contributed by atoms with Crippen molar-refractivity contribution in [2.24, 2.45) is 0 Å². The highest BCUT2D eigenvalue weighted by molar-refractivity contribution is 6.02. The number of benzene rings is 2. The van der Waals surface area contributed by atoms with Gasteiger partial charge in [0.2, 0.25) is 0 Å². The highest BCUT2D eigenvalue weighted by atomic mass is 16.5. The largest absolute Gasteiger partial charge is 0.493 e. The molecule has 0 spiro atoms. The Kier molecular flexibility index (Phi) is 10.4. The predicted molar refractivity (Wildman–Crippen MR) is 132 cm³/mol. The van der Waals surface area contributed by atoms with Gasteiger partial charge in [-0.1, -0.05) is 12.1 Å². The van der Waals surface area contributed by atoms with Crippen LogP contribution in [0.5, 0.6) is 23.0 Å². The molecule has 2 N–H and O–H groups in total. The number of carbonyl (C=O) groups is 2. The van der Waals surface area contributed by atoms with E-state index < -0.39 is 11.8 Å². The van der Waals surface area contributed by atoms with Gasteiger partial charge in [0.15, 0.2) is 23.0 Å². The van der Waals surface area contributed by atoms with Gasteiger partial charge in [0.05, 0.1) is 28.4 Å². The van der Waals surface area contributed by atoms with E-state index in [4.69, 9.17) is 18.9 Å². The Bertz CT molecular complexity index is 1160. The zero-order valence-electron chi connectivity index (χ0n) is 20.4. The van der Waals surface area contributed by atoms with Crippen LogP contribution in [0.1, 0.15) is 11.1 Å². The molecule has 36 heavy (non-hydrogen) atoms. The molecule has 0 fully saturated rings. The molecule has 10 heteroatoms. The van der Waals surface area contributed by atoms with Crippen LogP contribution in [0.25, 0.3) is 12.2 Å². The standard InChI is InChI=1S/C26H26N4O6/c1-33-21-7-5-17(13-23(21)35-3)11-19(15-27)25(31)29-9-10-30-26(32)20(16-28)12-18-6-8-22(34-2)24(14-18)36-4/h5-8,11-14H,9-10H2,1-4H3,(H,29,31)(H,30,32)/b19-11+,20-12+. The van der Waals surface area contributed by atoms with Crippen LogP contribution in [0.3, 0.4) is 0 Å². The van der Waals surface area contributed by atoms with Gasteiger partial charge in [-0.3, -0.25) is 9.59 Å². The van der Waals surface area contributed by atoms with Gasteiger partial charge in [0, 0.05) is 13.1 Å². The molecule has 0 saturated heterocycles. The number of nitrogens with zero attached hydrogens (tertiary/aromatic N) is 2. The van der Waals surface area contributed by atoms with Crippen molar-refractivity contribution in [2.45, 2.75) is 0 Å². The third-order valence-corrected chi connectivity index (χ3v) is 4.86. The molecule has 0 heterocycles. The topological polar surface area (TPSA) is 143 Å². The minimum atomic E-state index is -0.608. The molecule has 2 rings (SSSR count). The average molecular weight is 491 g/mol. The zero-order valence-corrected chi connectivity index (χ0v) is 20.4. The number of amides is 2.